The van der Waals surface area contributed by atoms with Crippen LogP contribution in [0, 0.1) is 35.0 Å². The Morgan fingerprint density at radius 2 is 2.05 bits per heavy atom. The first-order chi connectivity index (χ1) is 10.6. The summed E-state index contributed by atoms with van der Waals surface area (Å²) >= 11 is 0. The van der Waals surface area contributed by atoms with Crippen molar-refractivity contribution in [3.05, 3.63) is 23.8 Å². The van der Waals surface area contributed by atoms with E-state index in [2.05, 4.69) is 20.4 Å². The molecule has 0 saturated heterocycles. The molecule has 0 heterocycles. The van der Waals surface area contributed by atoms with Crippen LogP contribution in [-0.4, -0.2) is 5.78 Å². The van der Waals surface area contributed by atoms with Crippen LogP contribution in [0.4, 0.5) is 0 Å². The van der Waals surface area contributed by atoms with Crippen LogP contribution in [0.1, 0.15) is 65.2 Å². The lowest BCUT2D eigenvalue weighted by atomic mass is 9.49. The van der Waals surface area contributed by atoms with Crippen LogP contribution in [0.5, 0.6) is 0 Å². The number of hydrogen-bond acceptors (Lipinski definition) is 1. The molecule has 3 saturated carbocycles. The van der Waals surface area contributed by atoms with Crippen molar-refractivity contribution in [3.8, 4) is 0 Å². The van der Waals surface area contributed by atoms with Crippen LogP contribution in [0.25, 0.3) is 0 Å². The molecule has 1 nitrogen and oxygen atoms in total. The van der Waals surface area contributed by atoms with E-state index in [4.69, 9.17) is 0 Å². The van der Waals surface area contributed by atoms with Gasteiger partial charge in [-0.25, -0.2) is 0 Å². The van der Waals surface area contributed by atoms with Crippen molar-refractivity contribution < 1.29 is 4.79 Å². The highest BCUT2D eigenvalue weighted by Gasteiger charge is 2.56. The van der Waals surface area contributed by atoms with Gasteiger partial charge in [-0.05, 0) is 91.6 Å². The van der Waals surface area contributed by atoms with Gasteiger partial charge >= 0.3 is 0 Å². The fourth-order valence-corrected chi connectivity index (χ4v) is 6.99. The average molecular weight is 298 g/mol. The first-order valence-electron chi connectivity index (χ1n) is 9.49. The molecule has 0 spiro atoms. The van der Waals surface area contributed by atoms with Crippen molar-refractivity contribution in [2.24, 2.45) is 35.0 Å². The van der Waals surface area contributed by atoms with Gasteiger partial charge in [0.2, 0.25) is 0 Å². The zero-order chi connectivity index (χ0) is 15.5. The number of allylic oxidation sites excluding steroid dienone is 2. The maximum Gasteiger partial charge on any atom is 0.156 e. The minimum absolute atomic E-state index is 0.332. The molecule has 0 aromatic carbocycles. The molecule has 0 radical (unpaired) electrons. The first-order valence-corrected chi connectivity index (χ1v) is 9.49. The molecular formula is C21H30O. The molecule has 4 aliphatic carbocycles. The number of carbonyl (C=O) groups excluding carboxylic acids is 1. The molecule has 22 heavy (non-hydrogen) atoms. The van der Waals surface area contributed by atoms with Crippen LogP contribution in [0.3, 0.4) is 0 Å². The summed E-state index contributed by atoms with van der Waals surface area (Å²) in [5.41, 5.74) is 3.26. The maximum absolute atomic E-state index is 11.8. The normalized spacial score (nSPS) is 47.5. The third kappa shape index (κ3) is 1.87. The van der Waals surface area contributed by atoms with Gasteiger partial charge in [0, 0.05) is 6.42 Å². The second-order valence-electron chi connectivity index (χ2n) is 8.56. The van der Waals surface area contributed by atoms with E-state index in [0.29, 0.717) is 17.1 Å². The Hall–Kier alpha value is -0.850. The predicted octanol–water partition coefficient (Wildman–Crippen LogP) is 5.32. The van der Waals surface area contributed by atoms with Gasteiger partial charge in [-0.2, -0.15) is 0 Å². The fraction of sp³-hybridized carbons (Fsp3) is 0.762. The Balaban J connectivity index is 1.69. The highest BCUT2D eigenvalue weighted by Crippen LogP contribution is 2.65. The van der Waals surface area contributed by atoms with E-state index in [1.54, 1.807) is 0 Å². The van der Waals surface area contributed by atoms with Gasteiger partial charge in [-0.1, -0.05) is 26.0 Å². The van der Waals surface area contributed by atoms with E-state index >= 15 is 0 Å². The summed E-state index contributed by atoms with van der Waals surface area (Å²) in [5.74, 6) is 4.49. The second kappa shape index (κ2) is 5.08. The number of carbonyl (C=O) groups is 1. The fourth-order valence-electron chi connectivity index (χ4n) is 6.99. The van der Waals surface area contributed by atoms with Crippen LogP contribution in [0.15, 0.2) is 23.8 Å². The van der Waals surface area contributed by atoms with Crippen LogP contribution in [-0.2, 0) is 4.79 Å². The monoisotopic (exact) mass is 298 g/mol. The summed E-state index contributed by atoms with van der Waals surface area (Å²) in [6.45, 7) is 9.32. The molecule has 0 amide bonds. The molecular weight excluding hydrogens is 268 g/mol. The first kappa shape index (κ1) is 14.7. The highest BCUT2D eigenvalue weighted by atomic mass is 16.1. The number of ketones is 1. The number of fused-ring (bicyclic) bond motifs is 5. The van der Waals surface area contributed by atoms with Crippen molar-refractivity contribution in [1.29, 1.82) is 0 Å². The Morgan fingerprint density at radius 3 is 2.82 bits per heavy atom. The molecule has 0 aromatic heterocycles. The van der Waals surface area contributed by atoms with Gasteiger partial charge in [0.15, 0.2) is 5.78 Å². The minimum atomic E-state index is 0.332. The lowest BCUT2D eigenvalue weighted by Crippen LogP contribution is -2.47. The summed E-state index contributed by atoms with van der Waals surface area (Å²) < 4.78 is 0. The Morgan fingerprint density at radius 1 is 1.23 bits per heavy atom. The Labute approximate surface area is 135 Å². The molecule has 0 bridgehead atoms. The Kier molecular flexibility index (Phi) is 3.40. The quantitative estimate of drug-likeness (QED) is 0.640. The van der Waals surface area contributed by atoms with Gasteiger partial charge in [0.1, 0.15) is 0 Å². The second-order valence-corrected chi connectivity index (χ2v) is 8.56. The lowest BCUT2D eigenvalue weighted by molar-refractivity contribution is -0.115. The van der Waals surface area contributed by atoms with E-state index < -0.39 is 0 Å². The van der Waals surface area contributed by atoms with Crippen LogP contribution in [0.2, 0.25) is 0 Å². The zero-order valence-corrected chi connectivity index (χ0v) is 14.2. The molecule has 3 fully saturated rings. The molecule has 6 unspecified atom stereocenters. The number of rotatable bonds is 1. The number of hydrogen-bond donors (Lipinski definition) is 0. The van der Waals surface area contributed by atoms with Crippen LogP contribution < -0.4 is 0 Å². The molecule has 0 aliphatic heterocycles. The molecule has 6 atom stereocenters. The summed E-state index contributed by atoms with van der Waals surface area (Å²) in [6, 6.07) is 0. The minimum Gasteiger partial charge on any atom is -0.295 e. The molecule has 120 valence electrons. The van der Waals surface area contributed by atoms with E-state index in [-0.39, 0.29) is 0 Å². The summed E-state index contributed by atoms with van der Waals surface area (Å²) in [4.78, 5) is 11.8. The van der Waals surface area contributed by atoms with Crippen molar-refractivity contribution >= 4 is 5.78 Å². The van der Waals surface area contributed by atoms with Crippen molar-refractivity contribution in [2.45, 2.75) is 65.2 Å². The van der Waals surface area contributed by atoms with Gasteiger partial charge in [0.25, 0.3) is 0 Å². The van der Waals surface area contributed by atoms with Crippen molar-refractivity contribution in [1.82, 2.24) is 0 Å². The van der Waals surface area contributed by atoms with E-state index in [9.17, 15) is 4.79 Å². The van der Waals surface area contributed by atoms with Crippen molar-refractivity contribution in [3.63, 3.8) is 0 Å². The van der Waals surface area contributed by atoms with E-state index in [1.165, 1.54) is 49.7 Å². The van der Waals surface area contributed by atoms with Gasteiger partial charge in [0.05, 0.1) is 0 Å². The standard InChI is InChI=1S/C21H30O/c1-4-21-10-9-17-16-7-6-15(22)12-18(16)13(2)11-19(17)20(21)8-5-14(21)3/h12,14,16-17,19-20H,2,4-11H2,1,3H3. The molecule has 4 aliphatic rings. The SMILES string of the molecule is C=C1CC2C(CCC3(CC)C(C)CCC23)C2CCC(=O)C=C12. The largest absolute Gasteiger partial charge is 0.295 e. The Bertz CT molecular complexity index is 542. The smallest absolute Gasteiger partial charge is 0.156 e. The lowest BCUT2D eigenvalue weighted by Gasteiger charge is -2.55. The maximum atomic E-state index is 11.8. The third-order valence-electron chi connectivity index (χ3n) is 8.12. The molecule has 0 aromatic rings. The zero-order valence-electron chi connectivity index (χ0n) is 14.2. The highest BCUT2D eigenvalue weighted by molar-refractivity contribution is 5.92. The van der Waals surface area contributed by atoms with Gasteiger partial charge < -0.3 is 0 Å². The topological polar surface area (TPSA) is 17.1 Å². The summed E-state index contributed by atoms with van der Waals surface area (Å²) in [6.07, 6.45) is 12.0. The molecule has 0 N–H and O–H groups in total. The molecule has 4 rings (SSSR count). The predicted molar refractivity (Wildman–Crippen MR) is 90.4 cm³/mol. The van der Waals surface area contributed by atoms with Gasteiger partial charge in [-0.3, -0.25) is 4.79 Å². The van der Waals surface area contributed by atoms with E-state index in [1.807, 2.05) is 6.08 Å². The summed E-state index contributed by atoms with van der Waals surface area (Å²) in [7, 11) is 0. The summed E-state index contributed by atoms with van der Waals surface area (Å²) in [5, 5.41) is 0. The van der Waals surface area contributed by atoms with Crippen molar-refractivity contribution in [2.75, 3.05) is 0 Å². The van der Waals surface area contributed by atoms with E-state index in [0.717, 1.165) is 36.5 Å². The van der Waals surface area contributed by atoms with Gasteiger partial charge in [-0.15, -0.1) is 0 Å². The third-order valence-corrected chi connectivity index (χ3v) is 8.12. The average Bonchev–Trinajstić information content (AvgIpc) is 2.85. The molecule has 1 heteroatoms. The van der Waals surface area contributed by atoms with Crippen LogP contribution >= 0.6 is 0 Å².